The van der Waals surface area contributed by atoms with Gasteiger partial charge in [0.25, 0.3) is 0 Å². The molecule has 1 aliphatic carbocycles. The predicted molar refractivity (Wildman–Crippen MR) is 64.6 cm³/mol. The fourth-order valence-electron chi connectivity index (χ4n) is 2.03. The molecule has 0 radical (unpaired) electrons. The maximum atomic E-state index is 11.6. The van der Waals surface area contributed by atoms with Gasteiger partial charge < -0.3 is 15.4 Å². The maximum absolute atomic E-state index is 11.6. The predicted octanol–water partition coefficient (Wildman–Crippen LogP) is 1.57. The van der Waals surface area contributed by atoms with E-state index in [0.717, 1.165) is 19.3 Å². The Morgan fingerprint density at radius 2 is 1.65 bits per heavy atom. The highest BCUT2D eigenvalue weighted by Gasteiger charge is 2.30. The van der Waals surface area contributed by atoms with Crippen LogP contribution in [-0.2, 0) is 9.53 Å². The van der Waals surface area contributed by atoms with E-state index < -0.39 is 11.7 Å². The molecule has 0 bridgehead atoms. The SMILES string of the molecule is CC(=O)N[C@H]1CCC[C@@H]1NC(=O)OC(C)(C)C. The van der Waals surface area contributed by atoms with Gasteiger partial charge in [-0.2, -0.15) is 0 Å². The summed E-state index contributed by atoms with van der Waals surface area (Å²) < 4.78 is 5.19. The highest BCUT2D eigenvalue weighted by atomic mass is 16.6. The Kier molecular flexibility index (Phi) is 4.37. The van der Waals surface area contributed by atoms with Crippen LogP contribution in [0.15, 0.2) is 0 Å². The van der Waals surface area contributed by atoms with Crippen molar-refractivity contribution < 1.29 is 14.3 Å². The van der Waals surface area contributed by atoms with E-state index in [4.69, 9.17) is 4.74 Å². The standard InChI is InChI=1S/C12H22N2O3/c1-8(15)13-9-6-5-7-10(9)14-11(16)17-12(2,3)4/h9-10H,5-7H2,1-4H3,(H,13,15)(H,14,16)/t9-,10-/m0/s1. The van der Waals surface area contributed by atoms with Crippen LogP contribution in [0.3, 0.4) is 0 Å². The van der Waals surface area contributed by atoms with Crippen LogP contribution in [0.25, 0.3) is 0 Å². The minimum absolute atomic E-state index is 0.0197. The third-order valence-electron chi connectivity index (χ3n) is 2.61. The molecule has 0 spiro atoms. The maximum Gasteiger partial charge on any atom is 0.407 e. The molecule has 1 aliphatic rings. The summed E-state index contributed by atoms with van der Waals surface area (Å²) >= 11 is 0. The Morgan fingerprint density at radius 1 is 1.12 bits per heavy atom. The summed E-state index contributed by atoms with van der Waals surface area (Å²) in [6, 6.07) is 0.00812. The molecular weight excluding hydrogens is 220 g/mol. The zero-order chi connectivity index (χ0) is 13.1. The quantitative estimate of drug-likeness (QED) is 0.772. The number of amides is 2. The second-order valence-corrected chi connectivity index (χ2v) is 5.49. The van der Waals surface area contributed by atoms with Crippen molar-refractivity contribution in [2.75, 3.05) is 0 Å². The Balaban J connectivity index is 2.44. The summed E-state index contributed by atoms with van der Waals surface area (Å²) in [4.78, 5) is 22.6. The van der Waals surface area contributed by atoms with E-state index in [0.29, 0.717) is 0 Å². The van der Waals surface area contributed by atoms with Crippen molar-refractivity contribution in [1.29, 1.82) is 0 Å². The number of carbonyl (C=O) groups is 2. The van der Waals surface area contributed by atoms with Crippen molar-refractivity contribution in [1.82, 2.24) is 10.6 Å². The monoisotopic (exact) mass is 242 g/mol. The third-order valence-corrected chi connectivity index (χ3v) is 2.61. The number of nitrogens with one attached hydrogen (secondary N) is 2. The molecule has 0 aliphatic heterocycles. The van der Waals surface area contributed by atoms with Crippen molar-refractivity contribution in [3.8, 4) is 0 Å². The molecule has 0 aromatic heterocycles. The van der Waals surface area contributed by atoms with Crippen LogP contribution in [0, 0.1) is 0 Å². The van der Waals surface area contributed by atoms with Gasteiger partial charge in [0.1, 0.15) is 5.60 Å². The minimum Gasteiger partial charge on any atom is -0.444 e. The molecular formula is C12H22N2O3. The van der Waals surface area contributed by atoms with Gasteiger partial charge in [-0.25, -0.2) is 4.79 Å². The van der Waals surface area contributed by atoms with Crippen LogP contribution in [0.4, 0.5) is 4.79 Å². The molecule has 5 nitrogen and oxygen atoms in total. The summed E-state index contributed by atoms with van der Waals surface area (Å²) in [6.07, 6.45) is 2.37. The van der Waals surface area contributed by atoms with Crippen LogP contribution in [0.2, 0.25) is 0 Å². The molecule has 1 saturated carbocycles. The van der Waals surface area contributed by atoms with Crippen LogP contribution < -0.4 is 10.6 Å². The lowest BCUT2D eigenvalue weighted by atomic mass is 10.1. The average molecular weight is 242 g/mol. The number of rotatable bonds is 2. The number of alkyl carbamates (subject to hydrolysis) is 1. The van der Waals surface area contributed by atoms with Gasteiger partial charge in [0.2, 0.25) is 5.91 Å². The van der Waals surface area contributed by atoms with Gasteiger partial charge in [0.15, 0.2) is 0 Å². The molecule has 0 aromatic rings. The summed E-state index contributed by atoms with van der Waals surface area (Å²) in [6.45, 7) is 6.97. The molecule has 2 amide bonds. The molecule has 0 saturated heterocycles. The summed E-state index contributed by atoms with van der Waals surface area (Å²) in [5.74, 6) is -0.0621. The third kappa shape index (κ3) is 5.06. The lowest BCUT2D eigenvalue weighted by Gasteiger charge is -2.25. The van der Waals surface area contributed by atoms with E-state index in [1.807, 2.05) is 20.8 Å². The fraction of sp³-hybridized carbons (Fsp3) is 0.833. The van der Waals surface area contributed by atoms with Crippen molar-refractivity contribution in [2.45, 2.75) is 64.6 Å². The van der Waals surface area contributed by atoms with Gasteiger partial charge in [-0.3, -0.25) is 4.79 Å². The highest BCUT2D eigenvalue weighted by molar-refractivity contribution is 5.73. The average Bonchev–Trinajstić information content (AvgIpc) is 2.47. The van der Waals surface area contributed by atoms with Crippen LogP contribution >= 0.6 is 0 Å². The molecule has 1 fully saturated rings. The van der Waals surface area contributed by atoms with E-state index in [1.165, 1.54) is 6.92 Å². The molecule has 17 heavy (non-hydrogen) atoms. The first kappa shape index (κ1) is 13.8. The van der Waals surface area contributed by atoms with Gasteiger partial charge in [-0.05, 0) is 40.0 Å². The minimum atomic E-state index is -0.494. The first-order valence-corrected chi connectivity index (χ1v) is 6.04. The second-order valence-electron chi connectivity index (χ2n) is 5.49. The normalized spacial score (nSPS) is 24.2. The Labute approximate surface area is 102 Å². The molecule has 0 heterocycles. The first-order valence-electron chi connectivity index (χ1n) is 6.04. The zero-order valence-corrected chi connectivity index (χ0v) is 11.0. The van der Waals surface area contributed by atoms with Gasteiger partial charge in [0, 0.05) is 13.0 Å². The van der Waals surface area contributed by atoms with Gasteiger partial charge in [-0.15, -0.1) is 0 Å². The van der Waals surface area contributed by atoms with Crippen molar-refractivity contribution in [2.24, 2.45) is 0 Å². The van der Waals surface area contributed by atoms with E-state index in [2.05, 4.69) is 10.6 Å². The molecule has 2 N–H and O–H groups in total. The highest BCUT2D eigenvalue weighted by Crippen LogP contribution is 2.19. The van der Waals surface area contributed by atoms with Crippen molar-refractivity contribution in [3.05, 3.63) is 0 Å². The van der Waals surface area contributed by atoms with Crippen LogP contribution in [-0.4, -0.2) is 29.7 Å². The van der Waals surface area contributed by atoms with Crippen LogP contribution in [0.1, 0.15) is 47.0 Å². The van der Waals surface area contributed by atoms with Crippen LogP contribution in [0.5, 0.6) is 0 Å². The lowest BCUT2D eigenvalue weighted by Crippen LogP contribution is -2.49. The molecule has 0 unspecified atom stereocenters. The van der Waals surface area contributed by atoms with E-state index in [9.17, 15) is 9.59 Å². The molecule has 2 atom stereocenters. The Hall–Kier alpha value is -1.26. The largest absolute Gasteiger partial charge is 0.444 e. The fourth-order valence-corrected chi connectivity index (χ4v) is 2.03. The van der Waals surface area contributed by atoms with E-state index in [-0.39, 0.29) is 18.0 Å². The summed E-state index contributed by atoms with van der Waals surface area (Å²) in [7, 11) is 0. The van der Waals surface area contributed by atoms with Crippen molar-refractivity contribution in [3.63, 3.8) is 0 Å². The van der Waals surface area contributed by atoms with Gasteiger partial charge in [-0.1, -0.05) is 0 Å². The van der Waals surface area contributed by atoms with Gasteiger partial charge >= 0.3 is 6.09 Å². The topological polar surface area (TPSA) is 67.4 Å². The van der Waals surface area contributed by atoms with E-state index >= 15 is 0 Å². The summed E-state index contributed by atoms with van der Waals surface area (Å²) in [5, 5.41) is 5.67. The summed E-state index contributed by atoms with van der Waals surface area (Å²) in [5.41, 5.74) is -0.494. The molecule has 1 rings (SSSR count). The number of hydrogen-bond acceptors (Lipinski definition) is 3. The molecule has 98 valence electrons. The Morgan fingerprint density at radius 3 is 2.12 bits per heavy atom. The number of carbonyl (C=O) groups excluding carboxylic acids is 2. The number of hydrogen-bond donors (Lipinski definition) is 2. The lowest BCUT2D eigenvalue weighted by molar-refractivity contribution is -0.119. The Bertz CT molecular complexity index is 297. The first-order chi connectivity index (χ1) is 7.78. The number of ether oxygens (including phenoxy) is 1. The van der Waals surface area contributed by atoms with Crippen molar-refractivity contribution >= 4 is 12.0 Å². The molecule has 5 heteroatoms. The van der Waals surface area contributed by atoms with Gasteiger partial charge in [0.05, 0.1) is 6.04 Å². The second kappa shape index (κ2) is 5.38. The van der Waals surface area contributed by atoms with E-state index in [1.54, 1.807) is 0 Å². The molecule has 0 aromatic carbocycles. The zero-order valence-electron chi connectivity index (χ0n) is 11.0. The smallest absolute Gasteiger partial charge is 0.407 e.